The van der Waals surface area contributed by atoms with Gasteiger partial charge in [-0.2, -0.15) is 17.9 Å². The minimum atomic E-state index is -4.52. The van der Waals surface area contributed by atoms with Crippen LogP contribution in [-0.2, 0) is 6.18 Å². The third-order valence-electron chi connectivity index (χ3n) is 5.59. The van der Waals surface area contributed by atoms with Crippen molar-refractivity contribution in [2.45, 2.75) is 6.18 Å². The van der Waals surface area contributed by atoms with E-state index in [2.05, 4.69) is 20.3 Å². The Kier molecular flexibility index (Phi) is 5.34. The van der Waals surface area contributed by atoms with Crippen molar-refractivity contribution in [3.05, 3.63) is 71.8 Å². The summed E-state index contributed by atoms with van der Waals surface area (Å²) in [5.74, 6) is -0.300. The van der Waals surface area contributed by atoms with Gasteiger partial charge in [0.25, 0.3) is 5.91 Å². The molecule has 4 aromatic rings. The van der Waals surface area contributed by atoms with Gasteiger partial charge in [0.15, 0.2) is 17.0 Å². The molecule has 34 heavy (non-hydrogen) atoms. The van der Waals surface area contributed by atoms with Crippen LogP contribution in [0.1, 0.15) is 15.9 Å². The monoisotopic (exact) mass is 471 g/mol. The summed E-state index contributed by atoms with van der Waals surface area (Å²) in [5, 5.41) is 8.31. The van der Waals surface area contributed by atoms with E-state index in [-0.39, 0.29) is 11.4 Å². The number of carbonyl (C=O) groups is 1. The number of nitrogens with zero attached hydrogens (tertiary/aromatic N) is 7. The zero-order valence-electron chi connectivity index (χ0n) is 17.6. The highest BCUT2D eigenvalue weighted by Gasteiger charge is 2.32. The number of hydrogen-bond donors (Lipinski definition) is 0. The maximum atomic E-state index is 13.3. The number of carbonyl (C=O) groups excluding carboxylic acids is 1. The molecule has 0 aliphatic carbocycles. The van der Waals surface area contributed by atoms with E-state index in [0.29, 0.717) is 48.8 Å². The molecule has 1 fully saturated rings. The van der Waals surface area contributed by atoms with Crippen molar-refractivity contribution in [3.63, 3.8) is 0 Å². The summed E-state index contributed by atoms with van der Waals surface area (Å²) in [4.78, 5) is 24.8. The fraction of sp³-hybridized carbons (Fsp3) is 0.227. The molecule has 2 aromatic heterocycles. The summed E-state index contributed by atoms with van der Waals surface area (Å²) in [5.41, 5.74) is 0.619. The second-order valence-corrected chi connectivity index (χ2v) is 7.70. The van der Waals surface area contributed by atoms with Crippen LogP contribution < -0.4 is 4.90 Å². The molecule has 0 radical (unpaired) electrons. The first-order chi connectivity index (χ1) is 16.3. The molecule has 8 nitrogen and oxygen atoms in total. The molecule has 0 N–H and O–H groups in total. The Labute approximate surface area is 190 Å². The number of fused-ring (bicyclic) bond motifs is 1. The highest BCUT2D eigenvalue weighted by molar-refractivity contribution is 5.94. The van der Waals surface area contributed by atoms with E-state index in [1.165, 1.54) is 40.2 Å². The summed E-state index contributed by atoms with van der Waals surface area (Å²) in [6.07, 6.45) is -3.14. The lowest BCUT2D eigenvalue weighted by atomic mass is 10.1. The summed E-state index contributed by atoms with van der Waals surface area (Å²) in [6, 6.07) is 10.2. The Morgan fingerprint density at radius 2 is 1.68 bits per heavy atom. The fourth-order valence-electron chi connectivity index (χ4n) is 3.86. The molecule has 0 bridgehead atoms. The van der Waals surface area contributed by atoms with E-state index in [0.717, 1.165) is 12.1 Å². The Bertz CT molecular complexity index is 1350. The van der Waals surface area contributed by atoms with Crippen LogP contribution in [0, 0.1) is 5.82 Å². The van der Waals surface area contributed by atoms with E-state index in [1.54, 1.807) is 12.1 Å². The lowest BCUT2D eigenvalue weighted by Gasteiger charge is -2.35. The molecule has 0 unspecified atom stereocenters. The van der Waals surface area contributed by atoms with Crippen LogP contribution >= 0.6 is 0 Å². The number of halogens is 4. The number of rotatable bonds is 3. The largest absolute Gasteiger partial charge is 0.416 e. The summed E-state index contributed by atoms with van der Waals surface area (Å²) < 4.78 is 53.7. The normalized spacial score (nSPS) is 14.6. The second-order valence-electron chi connectivity index (χ2n) is 7.70. The first kappa shape index (κ1) is 21.7. The van der Waals surface area contributed by atoms with Crippen molar-refractivity contribution >= 4 is 22.9 Å². The third kappa shape index (κ3) is 4.02. The zero-order valence-corrected chi connectivity index (χ0v) is 17.6. The third-order valence-corrected chi connectivity index (χ3v) is 5.59. The molecule has 5 rings (SSSR count). The molecule has 3 heterocycles. The van der Waals surface area contributed by atoms with Crippen molar-refractivity contribution in [1.29, 1.82) is 0 Å². The highest BCUT2D eigenvalue weighted by atomic mass is 19.4. The first-order valence-electron chi connectivity index (χ1n) is 10.3. The van der Waals surface area contributed by atoms with Crippen LogP contribution in [0.4, 0.5) is 23.4 Å². The number of benzene rings is 2. The lowest BCUT2D eigenvalue weighted by Crippen LogP contribution is -2.49. The Morgan fingerprint density at radius 1 is 0.941 bits per heavy atom. The van der Waals surface area contributed by atoms with Crippen LogP contribution in [0.25, 0.3) is 16.9 Å². The summed E-state index contributed by atoms with van der Waals surface area (Å²) >= 11 is 0. The average molecular weight is 471 g/mol. The van der Waals surface area contributed by atoms with Crippen molar-refractivity contribution in [3.8, 4) is 5.69 Å². The van der Waals surface area contributed by atoms with Crippen LogP contribution in [0.5, 0.6) is 0 Å². The molecular formula is C22H17F4N7O. The number of anilines is 1. The van der Waals surface area contributed by atoms with Crippen LogP contribution in [0.3, 0.4) is 0 Å². The Balaban J connectivity index is 1.34. The maximum absolute atomic E-state index is 13.3. The predicted octanol–water partition coefficient (Wildman–Crippen LogP) is 3.33. The summed E-state index contributed by atoms with van der Waals surface area (Å²) in [6.45, 7) is 1.40. The number of amides is 1. The van der Waals surface area contributed by atoms with Gasteiger partial charge in [-0.15, -0.1) is 5.10 Å². The standard InChI is InChI=1S/C22H17F4N7O/c23-16-4-6-17(7-5-16)33-20-18(29-30-33)19(27-13-28-20)31-8-10-32(11-9-31)21(34)14-2-1-3-15(12-14)22(24,25)26/h1-7,12-13H,8-11H2. The molecule has 1 aliphatic heterocycles. The van der Waals surface area contributed by atoms with Gasteiger partial charge in [0.05, 0.1) is 11.3 Å². The van der Waals surface area contributed by atoms with Crippen molar-refractivity contribution in [2.24, 2.45) is 0 Å². The zero-order chi connectivity index (χ0) is 23.9. The molecule has 0 spiro atoms. The molecule has 0 atom stereocenters. The SMILES string of the molecule is O=C(c1cccc(C(F)(F)F)c1)N1CCN(c2ncnc3c2nnn3-c2ccc(F)cc2)CC1. The van der Waals surface area contributed by atoms with Crippen molar-refractivity contribution in [1.82, 2.24) is 29.9 Å². The lowest BCUT2D eigenvalue weighted by molar-refractivity contribution is -0.137. The molecule has 2 aromatic carbocycles. The van der Waals surface area contributed by atoms with E-state index in [1.807, 2.05) is 4.90 Å². The molecule has 174 valence electrons. The Hall–Kier alpha value is -4.09. The minimum absolute atomic E-state index is 0.00468. The van der Waals surface area contributed by atoms with Gasteiger partial charge in [-0.3, -0.25) is 4.79 Å². The molecule has 12 heteroatoms. The average Bonchev–Trinajstić information content (AvgIpc) is 3.28. The minimum Gasteiger partial charge on any atom is -0.351 e. The number of piperazine rings is 1. The first-order valence-corrected chi connectivity index (χ1v) is 10.3. The van der Waals surface area contributed by atoms with E-state index < -0.39 is 17.6 Å². The number of aromatic nitrogens is 5. The smallest absolute Gasteiger partial charge is 0.351 e. The van der Waals surface area contributed by atoms with Crippen molar-refractivity contribution < 1.29 is 22.4 Å². The topological polar surface area (TPSA) is 80.0 Å². The van der Waals surface area contributed by atoms with Gasteiger partial charge in [-0.25, -0.2) is 14.4 Å². The molecular weight excluding hydrogens is 454 g/mol. The number of hydrogen-bond acceptors (Lipinski definition) is 6. The predicted molar refractivity (Wildman–Crippen MR) is 114 cm³/mol. The maximum Gasteiger partial charge on any atom is 0.416 e. The van der Waals surface area contributed by atoms with Gasteiger partial charge in [-0.05, 0) is 42.5 Å². The van der Waals surface area contributed by atoms with E-state index >= 15 is 0 Å². The second kappa shape index (κ2) is 8.36. The van der Waals surface area contributed by atoms with Gasteiger partial charge in [-0.1, -0.05) is 11.3 Å². The van der Waals surface area contributed by atoms with Crippen LogP contribution in [-0.4, -0.2) is 61.9 Å². The molecule has 1 saturated heterocycles. The summed E-state index contributed by atoms with van der Waals surface area (Å²) in [7, 11) is 0. The highest BCUT2D eigenvalue weighted by Crippen LogP contribution is 2.30. The van der Waals surface area contributed by atoms with Gasteiger partial charge < -0.3 is 9.80 Å². The van der Waals surface area contributed by atoms with Gasteiger partial charge >= 0.3 is 6.18 Å². The van der Waals surface area contributed by atoms with Crippen LogP contribution in [0.15, 0.2) is 54.9 Å². The molecule has 0 saturated carbocycles. The fourth-order valence-corrected chi connectivity index (χ4v) is 3.86. The number of alkyl halides is 3. The van der Waals surface area contributed by atoms with Crippen molar-refractivity contribution in [2.75, 3.05) is 31.1 Å². The van der Waals surface area contributed by atoms with Gasteiger partial charge in [0.1, 0.15) is 12.1 Å². The molecule has 1 amide bonds. The quantitative estimate of drug-likeness (QED) is 0.427. The van der Waals surface area contributed by atoms with E-state index in [9.17, 15) is 22.4 Å². The van der Waals surface area contributed by atoms with Gasteiger partial charge in [0.2, 0.25) is 0 Å². The Morgan fingerprint density at radius 3 is 2.38 bits per heavy atom. The van der Waals surface area contributed by atoms with Crippen LogP contribution in [0.2, 0.25) is 0 Å². The van der Waals surface area contributed by atoms with E-state index in [4.69, 9.17) is 0 Å². The van der Waals surface area contributed by atoms with Gasteiger partial charge in [0, 0.05) is 31.7 Å². The molecule has 1 aliphatic rings.